The molecular weight excluding hydrogens is 196 g/mol. The molecule has 1 N–H and O–H groups in total. The Morgan fingerprint density at radius 3 is 2.33 bits per heavy atom. The van der Waals surface area contributed by atoms with Crippen molar-refractivity contribution in [2.75, 3.05) is 7.11 Å². The van der Waals surface area contributed by atoms with Crippen molar-refractivity contribution in [1.29, 1.82) is 0 Å². The van der Waals surface area contributed by atoms with Gasteiger partial charge in [0.05, 0.1) is 17.9 Å². The molecule has 0 aromatic rings. The van der Waals surface area contributed by atoms with Crippen molar-refractivity contribution in [3.63, 3.8) is 0 Å². The standard InChI is InChI=1S/C11H16O4/c1-15-9(14)11-4-2-3-10(7-11,5-6-11)8(12)13/h2-7H2,1H3,(H,12,13)/t10-,11-/m0/s1. The van der Waals surface area contributed by atoms with E-state index in [1.807, 2.05) is 0 Å². The molecular formula is C11H16O4. The number of aliphatic carboxylic acids is 1. The highest BCUT2D eigenvalue weighted by atomic mass is 16.5. The summed E-state index contributed by atoms with van der Waals surface area (Å²) < 4.78 is 4.80. The van der Waals surface area contributed by atoms with Gasteiger partial charge in [-0.05, 0) is 32.1 Å². The molecule has 0 saturated heterocycles. The van der Waals surface area contributed by atoms with Gasteiger partial charge in [0.1, 0.15) is 0 Å². The molecule has 0 aromatic heterocycles. The van der Waals surface area contributed by atoms with E-state index in [0.29, 0.717) is 25.7 Å². The van der Waals surface area contributed by atoms with E-state index in [9.17, 15) is 14.7 Å². The van der Waals surface area contributed by atoms with Crippen molar-refractivity contribution in [3.8, 4) is 0 Å². The Hall–Kier alpha value is -1.06. The topological polar surface area (TPSA) is 63.6 Å². The number of fused-ring (bicyclic) bond motifs is 2. The molecule has 0 radical (unpaired) electrons. The molecule has 0 unspecified atom stereocenters. The monoisotopic (exact) mass is 212 g/mol. The van der Waals surface area contributed by atoms with Crippen molar-refractivity contribution in [2.45, 2.75) is 38.5 Å². The van der Waals surface area contributed by atoms with E-state index < -0.39 is 16.8 Å². The number of carboxylic acid groups (broad SMARTS) is 1. The van der Waals surface area contributed by atoms with Crippen LogP contribution in [0, 0.1) is 10.8 Å². The van der Waals surface area contributed by atoms with Gasteiger partial charge in [0.2, 0.25) is 0 Å². The molecule has 2 rings (SSSR count). The predicted molar refractivity (Wildman–Crippen MR) is 52.2 cm³/mol. The highest BCUT2D eigenvalue weighted by Crippen LogP contribution is 2.59. The first-order chi connectivity index (χ1) is 7.05. The molecule has 0 aromatic carbocycles. The van der Waals surface area contributed by atoms with Crippen LogP contribution in [0.1, 0.15) is 38.5 Å². The minimum atomic E-state index is -0.743. The summed E-state index contributed by atoms with van der Waals surface area (Å²) in [7, 11) is 1.38. The van der Waals surface area contributed by atoms with Gasteiger partial charge >= 0.3 is 11.9 Å². The quantitative estimate of drug-likeness (QED) is 0.706. The van der Waals surface area contributed by atoms with Crippen LogP contribution in [-0.4, -0.2) is 24.2 Å². The maximum absolute atomic E-state index is 11.7. The van der Waals surface area contributed by atoms with Crippen molar-refractivity contribution < 1.29 is 19.4 Å². The van der Waals surface area contributed by atoms with E-state index in [1.165, 1.54) is 7.11 Å². The lowest BCUT2D eigenvalue weighted by atomic mass is 9.69. The Bertz CT molecular complexity index is 312. The summed E-state index contributed by atoms with van der Waals surface area (Å²) in [6.45, 7) is 0. The zero-order chi connectivity index (χ0) is 11.1. The normalized spacial score (nSPS) is 38.7. The van der Waals surface area contributed by atoms with Crippen molar-refractivity contribution in [3.05, 3.63) is 0 Å². The smallest absolute Gasteiger partial charge is 0.311 e. The molecule has 84 valence electrons. The summed E-state index contributed by atoms with van der Waals surface area (Å²) in [6, 6.07) is 0. The maximum atomic E-state index is 11.7. The van der Waals surface area contributed by atoms with E-state index in [-0.39, 0.29) is 5.97 Å². The highest BCUT2D eigenvalue weighted by Gasteiger charge is 2.58. The zero-order valence-electron chi connectivity index (χ0n) is 8.91. The van der Waals surface area contributed by atoms with Crippen LogP contribution in [-0.2, 0) is 14.3 Å². The van der Waals surface area contributed by atoms with Crippen molar-refractivity contribution in [2.24, 2.45) is 10.8 Å². The average Bonchev–Trinajstić information content (AvgIpc) is 2.52. The lowest BCUT2D eigenvalue weighted by Gasteiger charge is -2.34. The fraction of sp³-hybridized carbons (Fsp3) is 0.818. The molecule has 15 heavy (non-hydrogen) atoms. The number of hydrogen-bond donors (Lipinski definition) is 1. The summed E-state index contributed by atoms with van der Waals surface area (Å²) in [5.41, 5.74) is -1.14. The summed E-state index contributed by atoms with van der Waals surface area (Å²) in [5.74, 6) is -0.960. The van der Waals surface area contributed by atoms with Gasteiger partial charge in [-0.2, -0.15) is 0 Å². The summed E-state index contributed by atoms with van der Waals surface area (Å²) >= 11 is 0. The summed E-state index contributed by atoms with van der Waals surface area (Å²) in [5, 5.41) is 9.23. The Labute approximate surface area is 88.6 Å². The van der Waals surface area contributed by atoms with Crippen LogP contribution in [0.3, 0.4) is 0 Å². The Kier molecular flexibility index (Phi) is 2.24. The molecule has 2 atom stereocenters. The van der Waals surface area contributed by atoms with Gasteiger partial charge in [-0.1, -0.05) is 6.42 Å². The van der Waals surface area contributed by atoms with Crippen LogP contribution in [0.5, 0.6) is 0 Å². The zero-order valence-corrected chi connectivity index (χ0v) is 8.91. The second-order valence-electron chi connectivity index (χ2n) is 4.89. The molecule has 4 nitrogen and oxygen atoms in total. The van der Waals surface area contributed by atoms with E-state index >= 15 is 0 Å². The van der Waals surface area contributed by atoms with E-state index in [1.54, 1.807) is 0 Å². The minimum absolute atomic E-state index is 0.217. The van der Waals surface area contributed by atoms with Gasteiger partial charge in [0.25, 0.3) is 0 Å². The predicted octanol–water partition coefficient (Wildman–Crippen LogP) is 1.58. The Morgan fingerprint density at radius 1 is 1.13 bits per heavy atom. The fourth-order valence-corrected chi connectivity index (χ4v) is 3.28. The van der Waals surface area contributed by atoms with Gasteiger partial charge in [-0.25, -0.2) is 0 Å². The largest absolute Gasteiger partial charge is 0.481 e. The average molecular weight is 212 g/mol. The third-order valence-electron chi connectivity index (χ3n) is 4.14. The van der Waals surface area contributed by atoms with Crippen molar-refractivity contribution >= 4 is 11.9 Å². The van der Waals surface area contributed by atoms with Crippen LogP contribution in [0.2, 0.25) is 0 Å². The molecule has 0 spiro atoms. The number of carbonyl (C=O) groups excluding carboxylic acids is 1. The number of rotatable bonds is 2. The first-order valence-corrected chi connectivity index (χ1v) is 5.37. The number of ether oxygens (including phenoxy) is 1. The molecule has 4 heteroatoms. The molecule has 2 bridgehead atoms. The third-order valence-corrected chi connectivity index (χ3v) is 4.14. The van der Waals surface area contributed by atoms with Gasteiger partial charge in [-0.3, -0.25) is 9.59 Å². The Morgan fingerprint density at radius 2 is 1.73 bits per heavy atom. The number of hydrogen-bond acceptors (Lipinski definition) is 3. The lowest BCUT2D eigenvalue weighted by Crippen LogP contribution is -2.38. The van der Waals surface area contributed by atoms with Crippen LogP contribution in [0.15, 0.2) is 0 Å². The third kappa shape index (κ3) is 1.34. The Balaban J connectivity index is 2.27. The SMILES string of the molecule is COC(=O)[C@@]12CCC[C@](C(=O)O)(CC1)C2. The van der Waals surface area contributed by atoms with Gasteiger partial charge in [0.15, 0.2) is 0 Å². The number of esters is 1. The fourth-order valence-electron chi connectivity index (χ4n) is 3.28. The molecule has 2 aliphatic rings. The molecule has 2 fully saturated rings. The molecule has 0 aliphatic heterocycles. The van der Waals surface area contributed by atoms with E-state index in [0.717, 1.165) is 12.8 Å². The second kappa shape index (κ2) is 3.22. The molecule has 2 aliphatic carbocycles. The maximum Gasteiger partial charge on any atom is 0.311 e. The number of carboxylic acids is 1. The van der Waals surface area contributed by atoms with Crippen molar-refractivity contribution in [1.82, 2.24) is 0 Å². The van der Waals surface area contributed by atoms with Gasteiger partial charge in [0, 0.05) is 0 Å². The molecule has 2 saturated carbocycles. The lowest BCUT2D eigenvalue weighted by molar-refractivity contribution is -0.158. The van der Waals surface area contributed by atoms with E-state index in [2.05, 4.69) is 0 Å². The summed E-state index contributed by atoms with van der Waals surface area (Å²) in [6.07, 6.45) is 4.09. The van der Waals surface area contributed by atoms with Gasteiger partial charge < -0.3 is 9.84 Å². The first-order valence-electron chi connectivity index (χ1n) is 5.37. The number of carbonyl (C=O) groups is 2. The van der Waals surface area contributed by atoms with Gasteiger partial charge in [-0.15, -0.1) is 0 Å². The molecule has 0 heterocycles. The summed E-state index contributed by atoms with van der Waals surface area (Å²) in [4.78, 5) is 22.9. The second-order valence-corrected chi connectivity index (χ2v) is 4.89. The van der Waals surface area contributed by atoms with Crippen LogP contribution >= 0.6 is 0 Å². The van der Waals surface area contributed by atoms with Crippen LogP contribution in [0.25, 0.3) is 0 Å². The minimum Gasteiger partial charge on any atom is -0.481 e. The number of methoxy groups -OCH3 is 1. The van der Waals surface area contributed by atoms with E-state index in [4.69, 9.17) is 4.74 Å². The first kappa shape index (κ1) is 10.5. The highest BCUT2D eigenvalue weighted by molar-refractivity contribution is 5.82. The van der Waals surface area contributed by atoms with Crippen LogP contribution in [0.4, 0.5) is 0 Å². The molecule has 0 amide bonds. The van der Waals surface area contributed by atoms with Crippen LogP contribution < -0.4 is 0 Å².